The van der Waals surface area contributed by atoms with Crippen LogP contribution in [0.25, 0.3) is 6.08 Å². The second-order valence-electron chi connectivity index (χ2n) is 2.66. The van der Waals surface area contributed by atoms with E-state index in [2.05, 4.69) is 48.5 Å². The van der Waals surface area contributed by atoms with Crippen molar-refractivity contribution in [3.05, 3.63) is 39.9 Å². The molecule has 0 nitrogen and oxygen atoms in total. The largest absolute Gasteiger partial charge is 0.0985 e. The molecule has 1 heteroatoms. The van der Waals surface area contributed by atoms with Crippen LogP contribution in [0.5, 0.6) is 0 Å². The van der Waals surface area contributed by atoms with Gasteiger partial charge in [-0.3, -0.25) is 0 Å². The highest BCUT2D eigenvalue weighted by Crippen LogP contribution is 2.20. The molecule has 0 radical (unpaired) electrons. The summed E-state index contributed by atoms with van der Waals surface area (Å²) in [5.74, 6) is 0. The van der Waals surface area contributed by atoms with Crippen LogP contribution in [0.1, 0.15) is 16.7 Å². The van der Waals surface area contributed by atoms with Crippen molar-refractivity contribution >= 4 is 22.0 Å². The van der Waals surface area contributed by atoms with E-state index in [-0.39, 0.29) is 0 Å². The number of rotatable bonds is 1. The van der Waals surface area contributed by atoms with Crippen molar-refractivity contribution in [1.29, 1.82) is 0 Å². The Kier molecular flexibility index (Phi) is 2.50. The van der Waals surface area contributed by atoms with Crippen molar-refractivity contribution in [2.75, 3.05) is 0 Å². The normalized spacial score (nSPS) is 9.73. The molecule has 0 unspecified atom stereocenters. The maximum absolute atomic E-state index is 3.77. The van der Waals surface area contributed by atoms with E-state index in [1.165, 1.54) is 16.7 Å². The van der Waals surface area contributed by atoms with Gasteiger partial charge in [-0.25, -0.2) is 0 Å². The van der Waals surface area contributed by atoms with E-state index in [4.69, 9.17) is 0 Å². The van der Waals surface area contributed by atoms with Crippen molar-refractivity contribution in [2.45, 2.75) is 13.8 Å². The Morgan fingerprint density at radius 3 is 2.09 bits per heavy atom. The third-order valence-corrected chi connectivity index (χ3v) is 2.22. The van der Waals surface area contributed by atoms with Crippen molar-refractivity contribution < 1.29 is 0 Å². The van der Waals surface area contributed by atoms with Gasteiger partial charge in [0.15, 0.2) is 0 Å². The zero-order chi connectivity index (χ0) is 8.43. The molecular formula is C10H11Br. The lowest BCUT2D eigenvalue weighted by atomic mass is 10.0. The zero-order valence-electron chi connectivity index (χ0n) is 6.82. The van der Waals surface area contributed by atoms with Gasteiger partial charge in [-0.2, -0.15) is 0 Å². The molecule has 0 atom stereocenters. The van der Waals surface area contributed by atoms with E-state index in [9.17, 15) is 0 Å². The molecule has 0 saturated heterocycles. The summed E-state index contributed by atoms with van der Waals surface area (Å²) in [5.41, 5.74) is 3.78. The number of halogens is 1. The third-order valence-electron chi connectivity index (χ3n) is 1.76. The first-order chi connectivity index (χ1) is 5.15. The van der Waals surface area contributed by atoms with E-state index in [1.807, 2.05) is 6.08 Å². The van der Waals surface area contributed by atoms with Gasteiger partial charge in [0.2, 0.25) is 0 Å². The first kappa shape index (κ1) is 8.54. The van der Waals surface area contributed by atoms with Crippen molar-refractivity contribution in [1.82, 2.24) is 0 Å². The lowest BCUT2D eigenvalue weighted by Gasteiger charge is -2.04. The average molecular weight is 211 g/mol. The fourth-order valence-corrected chi connectivity index (χ4v) is 1.93. The van der Waals surface area contributed by atoms with Crippen molar-refractivity contribution in [2.24, 2.45) is 0 Å². The first-order valence-electron chi connectivity index (χ1n) is 3.54. The van der Waals surface area contributed by atoms with Crippen LogP contribution in [0.15, 0.2) is 23.2 Å². The Balaban J connectivity index is 3.36. The van der Waals surface area contributed by atoms with E-state index >= 15 is 0 Å². The summed E-state index contributed by atoms with van der Waals surface area (Å²) < 4.78 is 1.14. The van der Waals surface area contributed by atoms with Crippen LogP contribution in [0, 0.1) is 13.8 Å². The van der Waals surface area contributed by atoms with E-state index in [0.29, 0.717) is 0 Å². The lowest BCUT2D eigenvalue weighted by Crippen LogP contribution is -1.85. The number of hydrogen-bond donors (Lipinski definition) is 0. The van der Waals surface area contributed by atoms with Gasteiger partial charge in [0.05, 0.1) is 0 Å². The Morgan fingerprint density at radius 2 is 1.73 bits per heavy atom. The van der Waals surface area contributed by atoms with E-state index < -0.39 is 0 Å². The molecule has 0 aliphatic rings. The Morgan fingerprint density at radius 1 is 1.27 bits per heavy atom. The highest BCUT2D eigenvalue weighted by molar-refractivity contribution is 9.10. The molecule has 0 saturated carbocycles. The minimum absolute atomic E-state index is 1.14. The Labute approximate surface area is 76.1 Å². The number of aryl methyl sites for hydroxylation is 2. The predicted molar refractivity (Wildman–Crippen MR) is 53.7 cm³/mol. The fraction of sp³-hybridized carbons (Fsp3) is 0.200. The minimum atomic E-state index is 1.14. The SMILES string of the molecule is C=Cc1c(C)cc(Br)cc1C. The van der Waals surface area contributed by atoms with Gasteiger partial charge in [-0.1, -0.05) is 28.6 Å². The monoisotopic (exact) mass is 210 g/mol. The molecule has 0 aliphatic heterocycles. The van der Waals surface area contributed by atoms with Crippen LogP contribution in [0.4, 0.5) is 0 Å². The summed E-state index contributed by atoms with van der Waals surface area (Å²) in [4.78, 5) is 0. The highest BCUT2D eigenvalue weighted by atomic mass is 79.9. The maximum Gasteiger partial charge on any atom is 0.0180 e. The van der Waals surface area contributed by atoms with Crippen molar-refractivity contribution in [3.63, 3.8) is 0 Å². The summed E-state index contributed by atoms with van der Waals surface area (Å²) in [6.45, 7) is 7.95. The summed E-state index contributed by atoms with van der Waals surface area (Å²) in [7, 11) is 0. The molecule has 0 heterocycles. The van der Waals surface area contributed by atoms with Crippen LogP contribution in [-0.4, -0.2) is 0 Å². The Hall–Kier alpha value is -0.560. The average Bonchev–Trinajstić information content (AvgIpc) is 1.85. The predicted octanol–water partition coefficient (Wildman–Crippen LogP) is 3.71. The van der Waals surface area contributed by atoms with Crippen LogP contribution < -0.4 is 0 Å². The molecule has 0 bridgehead atoms. The molecule has 1 aromatic rings. The van der Waals surface area contributed by atoms with E-state index in [1.54, 1.807) is 0 Å². The van der Waals surface area contributed by atoms with Gasteiger partial charge in [0.25, 0.3) is 0 Å². The molecule has 0 N–H and O–H groups in total. The third kappa shape index (κ3) is 1.72. The minimum Gasteiger partial charge on any atom is -0.0985 e. The van der Waals surface area contributed by atoms with E-state index in [0.717, 1.165) is 4.47 Å². The standard InChI is InChI=1S/C10H11Br/c1-4-10-7(2)5-9(11)6-8(10)3/h4-6H,1H2,2-3H3. The summed E-state index contributed by atoms with van der Waals surface area (Å²) >= 11 is 3.44. The second-order valence-corrected chi connectivity index (χ2v) is 3.57. The smallest absolute Gasteiger partial charge is 0.0180 e. The summed E-state index contributed by atoms with van der Waals surface area (Å²) in [6, 6.07) is 4.20. The zero-order valence-corrected chi connectivity index (χ0v) is 8.40. The summed E-state index contributed by atoms with van der Waals surface area (Å²) in [6.07, 6.45) is 1.90. The van der Waals surface area contributed by atoms with Crippen LogP contribution >= 0.6 is 15.9 Å². The maximum atomic E-state index is 3.77. The molecule has 1 aromatic carbocycles. The molecule has 0 fully saturated rings. The van der Waals surface area contributed by atoms with Gasteiger partial charge in [-0.05, 0) is 42.7 Å². The Bertz CT molecular complexity index is 264. The van der Waals surface area contributed by atoms with Crippen LogP contribution in [-0.2, 0) is 0 Å². The quantitative estimate of drug-likeness (QED) is 0.664. The van der Waals surface area contributed by atoms with Crippen LogP contribution in [0.3, 0.4) is 0 Å². The molecule has 0 aliphatic carbocycles. The van der Waals surface area contributed by atoms with Gasteiger partial charge in [0.1, 0.15) is 0 Å². The first-order valence-corrected chi connectivity index (χ1v) is 4.33. The highest BCUT2D eigenvalue weighted by Gasteiger charge is 1.98. The van der Waals surface area contributed by atoms with Gasteiger partial charge >= 0.3 is 0 Å². The molecule has 0 aromatic heterocycles. The number of hydrogen-bond acceptors (Lipinski definition) is 0. The summed E-state index contributed by atoms with van der Waals surface area (Å²) in [5, 5.41) is 0. The number of benzene rings is 1. The fourth-order valence-electron chi connectivity index (χ4n) is 1.24. The molecule has 11 heavy (non-hydrogen) atoms. The molecule has 0 spiro atoms. The van der Waals surface area contributed by atoms with Gasteiger partial charge in [-0.15, -0.1) is 0 Å². The molecular weight excluding hydrogens is 200 g/mol. The van der Waals surface area contributed by atoms with Gasteiger partial charge < -0.3 is 0 Å². The van der Waals surface area contributed by atoms with Gasteiger partial charge in [0, 0.05) is 4.47 Å². The molecule has 58 valence electrons. The molecule has 1 rings (SSSR count). The lowest BCUT2D eigenvalue weighted by molar-refractivity contribution is 1.34. The molecule has 0 amide bonds. The van der Waals surface area contributed by atoms with Crippen LogP contribution in [0.2, 0.25) is 0 Å². The van der Waals surface area contributed by atoms with Crippen molar-refractivity contribution in [3.8, 4) is 0 Å². The second kappa shape index (κ2) is 3.22. The topological polar surface area (TPSA) is 0 Å².